The van der Waals surface area contributed by atoms with Crippen LogP contribution in [0.4, 0.5) is 5.69 Å². The third kappa shape index (κ3) is 11.2. The van der Waals surface area contributed by atoms with Gasteiger partial charge in [-0.1, -0.05) is 18.2 Å². The Morgan fingerprint density at radius 3 is 2.61 bits per heavy atom. The lowest BCUT2D eigenvalue weighted by molar-refractivity contribution is -0.121. The van der Waals surface area contributed by atoms with Gasteiger partial charge in [0.15, 0.2) is 0 Å². The lowest BCUT2D eigenvalue weighted by Gasteiger charge is -2.15. The van der Waals surface area contributed by atoms with E-state index in [1.807, 2.05) is 24.3 Å². The summed E-state index contributed by atoms with van der Waals surface area (Å²) in [5.74, 6) is 0.0813. The molecule has 0 aliphatic carbocycles. The number of nitrogens with zero attached hydrogens (tertiary/aromatic N) is 1. The van der Waals surface area contributed by atoms with E-state index in [0.717, 1.165) is 37.4 Å². The molecule has 0 unspecified atom stereocenters. The summed E-state index contributed by atoms with van der Waals surface area (Å²) in [7, 11) is 3.76. The first kappa shape index (κ1) is 24.2. The van der Waals surface area contributed by atoms with Crippen LogP contribution in [0.1, 0.15) is 18.4 Å². The first-order valence-electron chi connectivity index (χ1n) is 7.41. The van der Waals surface area contributed by atoms with Crippen LogP contribution >= 0.6 is 24.8 Å². The van der Waals surface area contributed by atoms with Gasteiger partial charge in [-0.2, -0.15) is 0 Å². The minimum absolute atomic E-state index is 0. The van der Waals surface area contributed by atoms with Crippen molar-refractivity contribution in [3.05, 3.63) is 29.8 Å². The largest absolute Gasteiger partial charge is 0.399 e. The van der Waals surface area contributed by atoms with E-state index in [4.69, 9.17) is 10.5 Å². The van der Waals surface area contributed by atoms with Crippen molar-refractivity contribution in [2.45, 2.75) is 19.3 Å². The van der Waals surface area contributed by atoms with Gasteiger partial charge in [0.25, 0.3) is 0 Å². The monoisotopic (exact) mass is 365 g/mol. The molecule has 0 atom stereocenters. The number of nitrogens with one attached hydrogen (secondary N) is 1. The Labute approximate surface area is 151 Å². The summed E-state index contributed by atoms with van der Waals surface area (Å²) in [5.41, 5.74) is 7.64. The molecular weight excluding hydrogens is 337 g/mol. The smallest absolute Gasteiger partial charge is 0.220 e. The number of anilines is 1. The third-order valence-corrected chi connectivity index (χ3v) is 3.39. The van der Waals surface area contributed by atoms with Crippen molar-refractivity contribution in [2.24, 2.45) is 0 Å². The first-order valence-corrected chi connectivity index (χ1v) is 7.41. The highest BCUT2D eigenvalue weighted by Gasteiger charge is 2.04. The zero-order valence-electron chi connectivity index (χ0n) is 13.9. The van der Waals surface area contributed by atoms with Crippen LogP contribution in [0.2, 0.25) is 0 Å². The van der Waals surface area contributed by atoms with Crippen molar-refractivity contribution in [1.82, 2.24) is 10.2 Å². The number of nitrogens with two attached hydrogens (primary N) is 1. The zero-order valence-corrected chi connectivity index (χ0v) is 15.5. The SMILES string of the molecule is COCCN(C)CCCNC(=O)CCc1ccccc1N.Cl.Cl. The molecule has 0 saturated heterocycles. The van der Waals surface area contributed by atoms with E-state index < -0.39 is 0 Å². The molecule has 0 saturated carbocycles. The summed E-state index contributed by atoms with van der Waals surface area (Å²) in [6.45, 7) is 3.31. The summed E-state index contributed by atoms with van der Waals surface area (Å²) >= 11 is 0. The standard InChI is InChI=1S/C16H27N3O2.2ClH/c1-19(12-13-21-2)11-5-10-18-16(20)9-8-14-6-3-4-7-15(14)17;;/h3-4,6-7H,5,8-13,17H2,1-2H3,(H,18,20);2*1H. The molecule has 134 valence electrons. The molecule has 0 aliphatic rings. The fourth-order valence-electron chi connectivity index (χ4n) is 2.03. The lowest BCUT2D eigenvalue weighted by atomic mass is 10.1. The van der Waals surface area contributed by atoms with Crippen molar-refractivity contribution < 1.29 is 9.53 Å². The third-order valence-electron chi connectivity index (χ3n) is 3.39. The Kier molecular flexibility index (Phi) is 15.4. The summed E-state index contributed by atoms with van der Waals surface area (Å²) in [6.07, 6.45) is 2.11. The Bertz CT molecular complexity index is 434. The maximum Gasteiger partial charge on any atom is 0.220 e. The van der Waals surface area contributed by atoms with Crippen molar-refractivity contribution >= 4 is 36.4 Å². The Morgan fingerprint density at radius 2 is 1.96 bits per heavy atom. The molecule has 0 aliphatic heterocycles. The van der Waals surface area contributed by atoms with Gasteiger partial charge in [-0.3, -0.25) is 4.79 Å². The molecular formula is C16H29Cl2N3O2. The first-order chi connectivity index (χ1) is 10.1. The predicted molar refractivity (Wildman–Crippen MR) is 101 cm³/mol. The average molecular weight is 366 g/mol. The van der Waals surface area contributed by atoms with Gasteiger partial charge in [-0.25, -0.2) is 0 Å². The molecule has 0 fully saturated rings. The van der Waals surface area contributed by atoms with Crippen LogP contribution in [0.3, 0.4) is 0 Å². The maximum absolute atomic E-state index is 11.8. The average Bonchev–Trinajstić information content (AvgIpc) is 2.48. The number of halogens is 2. The highest BCUT2D eigenvalue weighted by atomic mass is 35.5. The summed E-state index contributed by atoms with van der Waals surface area (Å²) in [6, 6.07) is 7.68. The van der Waals surface area contributed by atoms with Gasteiger partial charge in [-0.15, -0.1) is 24.8 Å². The van der Waals surface area contributed by atoms with Gasteiger partial charge in [0.05, 0.1) is 6.61 Å². The number of amides is 1. The van der Waals surface area contributed by atoms with Gasteiger partial charge in [-0.05, 0) is 38.1 Å². The molecule has 0 aromatic heterocycles. The van der Waals surface area contributed by atoms with E-state index in [0.29, 0.717) is 19.4 Å². The number of carbonyl (C=O) groups is 1. The Balaban J connectivity index is 0. The number of rotatable bonds is 10. The number of benzene rings is 1. The van der Waals surface area contributed by atoms with Gasteiger partial charge in [0.2, 0.25) is 5.91 Å². The van der Waals surface area contributed by atoms with Crippen molar-refractivity contribution in [2.75, 3.05) is 46.1 Å². The highest BCUT2D eigenvalue weighted by molar-refractivity contribution is 5.85. The molecule has 0 bridgehead atoms. The minimum atomic E-state index is 0. The second-order valence-corrected chi connectivity index (χ2v) is 5.20. The minimum Gasteiger partial charge on any atom is -0.399 e. The Morgan fingerprint density at radius 1 is 1.26 bits per heavy atom. The van der Waals surface area contributed by atoms with Crippen LogP contribution in [-0.4, -0.2) is 51.2 Å². The van der Waals surface area contributed by atoms with E-state index >= 15 is 0 Å². The van der Waals surface area contributed by atoms with Crippen LogP contribution in [0.25, 0.3) is 0 Å². The van der Waals surface area contributed by atoms with Crippen molar-refractivity contribution in [1.29, 1.82) is 0 Å². The van der Waals surface area contributed by atoms with E-state index in [1.54, 1.807) is 7.11 Å². The van der Waals surface area contributed by atoms with Crippen molar-refractivity contribution in [3.8, 4) is 0 Å². The van der Waals surface area contributed by atoms with E-state index in [2.05, 4.69) is 17.3 Å². The molecule has 1 rings (SSSR count). The van der Waals surface area contributed by atoms with Gasteiger partial charge < -0.3 is 20.7 Å². The van der Waals surface area contributed by atoms with Crippen LogP contribution in [0.5, 0.6) is 0 Å². The van der Waals surface area contributed by atoms with Crippen LogP contribution in [0, 0.1) is 0 Å². The maximum atomic E-state index is 11.8. The number of ether oxygens (including phenoxy) is 1. The number of methoxy groups -OCH3 is 1. The summed E-state index contributed by atoms with van der Waals surface area (Å²) < 4.78 is 5.02. The number of aryl methyl sites for hydroxylation is 1. The molecule has 0 spiro atoms. The normalized spacial score (nSPS) is 9.87. The molecule has 1 amide bonds. The van der Waals surface area contributed by atoms with Crippen LogP contribution < -0.4 is 11.1 Å². The fraction of sp³-hybridized carbons (Fsp3) is 0.562. The predicted octanol–water partition coefficient (Wildman–Crippen LogP) is 2.13. The zero-order chi connectivity index (χ0) is 15.5. The highest BCUT2D eigenvalue weighted by Crippen LogP contribution is 2.12. The molecule has 0 radical (unpaired) electrons. The number of para-hydroxylation sites is 1. The molecule has 3 N–H and O–H groups in total. The second kappa shape index (κ2) is 14.6. The van der Waals surface area contributed by atoms with Gasteiger partial charge in [0.1, 0.15) is 0 Å². The number of hydrogen-bond acceptors (Lipinski definition) is 4. The molecule has 0 heterocycles. The topological polar surface area (TPSA) is 67.6 Å². The van der Waals surface area contributed by atoms with E-state index in [1.165, 1.54) is 0 Å². The molecule has 1 aromatic carbocycles. The second-order valence-electron chi connectivity index (χ2n) is 5.20. The number of carbonyl (C=O) groups excluding carboxylic acids is 1. The van der Waals surface area contributed by atoms with E-state index in [9.17, 15) is 4.79 Å². The molecule has 1 aromatic rings. The summed E-state index contributed by atoms with van der Waals surface area (Å²) in [5, 5.41) is 2.95. The number of likely N-dealkylation sites (N-methyl/N-ethyl adjacent to an activating group) is 1. The van der Waals surface area contributed by atoms with Crippen molar-refractivity contribution in [3.63, 3.8) is 0 Å². The van der Waals surface area contributed by atoms with Crippen LogP contribution in [0.15, 0.2) is 24.3 Å². The fourth-order valence-corrected chi connectivity index (χ4v) is 2.03. The Hall–Kier alpha value is -1.01. The number of hydrogen-bond donors (Lipinski definition) is 2. The molecule has 23 heavy (non-hydrogen) atoms. The molecule has 7 heteroatoms. The van der Waals surface area contributed by atoms with Gasteiger partial charge >= 0.3 is 0 Å². The summed E-state index contributed by atoms with van der Waals surface area (Å²) in [4.78, 5) is 14.0. The quantitative estimate of drug-likeness (QED) is 0.492. The molecule has 5 nitrogen and oxygen atoms in total. The number of nitrogen functional groups attached to an aromatic ring is 1. The lowest BCUT2D eigenvalue weighted by Crippen LogP contribution is -2.29. The van der Waals surface area contributed by atoms with Gasteiger partial charge in [0, 0.05) is 32.3 Å². The van der Waals surface area contributed by atoms with E-state index in [-0.39, 0.29) is 30.7 Å². The van der Waals surface area contributed by atoms with Crippen LogP contribution in [-0.2, 0) is 16.0 Å².